The van der Waals surface area contributed by atoms with E-state index in [1.807, 2.05) is 6.07 Å². The van der Waals surface area contributed by atoms with Crippen LogP contribution < -0.4 is 11.1 Å². The lowest BCUT2D eigenvalue weighted by Crippen LogP contribution is -2.04. The number of nitrogens with zero attached hydrogens (tertiary/aromatic N) is 1. The van der Waals surface area contributed by atoms with E-state index in [2.05, 4.69) is 16.2 Å². The predicted molar refractivity (Wildman–Crippen MR) is 59.8 cm³/mol. The normalized spacial score (nSPS) is 9.36. The minimum Gasteiger partial charge on any atom is -0.396 e. The molecule has 3 nitrogen and oxygen atoms in total. The van der Waals surface area contributed by atoms with Crippen LogP contribution in [0.5, 0.6) is 0 Å². The Bertz CT molecular complexity index is 315. The summed E-state index contributed by atoms with van der Waals surface area (Å²) in [6.45, 7) is 0.899. The van der Waals surface area contributed by atoms with Crippen LogP contribution in [0, 0.1) is 12.3 Å². The van der Waals surface area contributed by atoms with Crippen molar-refractivity contribution < 1.29 is 0 Å². The van der Waals surface area contributed by atoms with Crippen molar-refractivity contribution in [2.75, 3.05) is 17.6 Å². The molecule has 0 spiro atoms. The van der Waals surface area contributed by atoms with Crippen LogP contribution in [0.3, 0.4) is 0 Å². The highest BCUT2D eigenvalue weighted by Gasteiger charge is 1.95. The molecule has 3 N–H and O–H groups in total. The summed E-state index contributed by atoms with van der Waals surface area (Å²) >= 11 is 0. The molecule has 1 heterocycles. The third-order valence-electron chi connectivity index (χ3n) is 1.92. The Hall–Kier alpha value is -1.69. The summed E-state index contributed by atoms with van der Waals surface area (Å²) in [5, 5.41) is 3.24. The molecule has 14 heavy (non-hydrogen) atoms. The highest BCUT2D eigenvalue weighted by molar-refractivity contribution is 5.63. The van der Waals surface area contributed by atoms with Gasteiger partial charge in [-0.2, -0.15) is 0 Å². The highest BCUT2D eigenvalue weighted by Crippen LogP contribution is 2.14. The molecule has 0 aliphatic carbocycles. The quantitative estimate of drug-likeness (QED) is 0.549. The van der Waals surface area contributed by atoms with Crippen LogP contribution in [0.1, 0.15) is 19.3 Å². The van der Waals surface area contributed by atoms with Gasteiger partial charge in [-0.1, -0.05) is 0 Å². The molecule has 1 aromatic heterocycles. The molecule has 0 amide bonds. The van der Waals surface area contributed by atoms with Gasteiger partial charge < -0.3 is 11.1 Å². The Morgan fingerprint density at radius 2 is 2.36 bits per heavy atom. The summed E-state index contributed by atoms with van der Waals surface area (Å²) in [4.78, 5) is 3.91. The van der Waals surface area contributed by atoms with E-state index in [-0.39, 0.29) is 0 Å². The van der Waals surface area contributed by atoms with Crippen LogP contribution in [0.2, 0.25) is 0 Å². The SMILES string of the molecule is C#CCCCCNc1ccncc1N. The zero-order valence-corrected chi connectivity index (χ0v) is 8.16. The molecular weight excluding hydrogens is 174 g/mol. The van der Waals surface area contributed by atoms with E-state index in [4.69, 9.17) is 12.2 Å². The molecule has 1 aromatic rings. The fraction of sp³-hybridized carbons (Fsp3) is 0.364. The van der Waals surface area contributed by atoms with Gasteiger partial charge in [0.05, 0.1) is 17.6 Å². The molecule has 3 heteroatoms. The number of nitrogens with two attached hydrogens (primary N) is 1. The van der Waals surface area contributed by atoms with Gasteiger partial charge in [-0.25, -0.2) is 0 Å². The molecule has 0 saturated carbocycles. The van der Waals surface area contributed by atoms with Gasteiger partial charge in [0.25, 0.3) is 0 Å². The minimum atomic E-state index is 0.685. The number of nitrogens with one attached hydrogen (secondary N) is 1. The average molecular weight is 189 g/mol. The molecule has 0 unspecified atom stereocenters. The molecular formula is C11H15N3. The highest BCUT2D eigenvalue weighted by atomic mass is 14.9. The molecule has 0 aromatic carbocycles. The number of hydrogen-bond acceptors (Lipinski definition) is 3. The van der Waals surface area contributed by atoms with Crippen LogP contribution in [0.25, 0.3) is 0 Å². The Morgan fingerprint density at radius 3 is 3.07 bits per heavy atom. The van der Waals surface area contributed by atoms with Crippen LogP contribution in [0.15, 0.2) is 18.5 Å². The maximum Gasteiger partial charge on any atom is 0.0736 e. The fourth-order valence-corrected chi connectivity index (χ4v) is 1.14. The molecule has 0 atom stereocenters. The topological polar surface area (TPSA) is 50.9 Å². The molecule has 0 aliphatic rings. The van der Waals surface area contributed by atoms with Crippen LogP contribution in [0.4, 0.5) is 11.4 Å². The van der Waals surface area contributed by atoms with E-state index in [0.29, 0.717) is 5.69 Å². The van der Waals surface area contributed by atoms with Crippen molar-refractivity contribution in [1.29, 1.82) is 0 Å². The van der Waals surface area contributed by atoms with Crippen molar-refractivity contribution in [2.24, 2.45) is 0 Å². The third-order valence-corrected chi connectivity index (χ3v) is 1.92. The number of nitrogen functional groups attached to an aromatic ring is 1. The van der Waals surface area contributed by atoms with Gasteiger partial charge in [0.15, 0.2) is 0 Å². The van der Waals surface area contributed by atoms with Gasteiger partial charge in [0, 0.05) is 19.2 Å². The van der Waals surface area contributed by atoms with Crippen molar-refractivity contribution in [3.63, 3.8) is 0 Å². The number of aromatic nitrogens is 1. The first-order chi connectivity index (χ1) is 6.84. The van der Waals surface area contributed by atoms with Crippen LogP contribution in [-0.2, 0) is 0 Å². The monoisotopic (exact) mass is 189 g/mol. The summed E-state index contributed by atoms with van der Waals surface area (Å²) in [6, 6.07) is 1.87. The second-order valence-corrected chi connectivity index (χ2v) is 3.05. The third kappa shape index (κ3) is 3.36. The number of rotatable bonds is 5. The van der Waals surface area contributed by atoms with E-state index in [9.17, 15) is 0 Å². The van der Waals surface area contributed by atoms with Gasteiger partial charge in [0.2, 0.25) is 0 Å². The van der Waals surface area contributed by atoms with E-state index >= 15 is 0 Å². The fourth-order valence-electron chi connectivity index (χ4n) is 1.14. The molecule has 1 rings (SSSR count). The van der Waals surface area contributed by atoms with Gasteiger partial charge in [-0.3, -0.25) is 4.98 Å². The molecule has 0 saturated heterocycles. The number of hydrogen-bond donors (Lipinski definition) is 2. The molecule has 0 radical (unpaired) electrons. The predicted octanol–water partition coefficient (Wildman–Crippen LogP) is 1.88. The maximum atomic E-state index is 5.70. The van der Waals surface area contributed by atoms with Gasteiger partial charge in [-0.15, -0.1) is 12.3 Å². The van der Waals surface area contributed by atoms with Crippen molar-refractivity contribution in [1.82, 2.24) is 4.98 Å². The molecule has 0 fully saturated rings. The van der Waals surface area contributed by atoms with E-state index in [0.717, 1.165) is 31.5 Å². The van der Waals surface area contributed by atoms with Gasteiger partial charge in [0.1, 0.15) is 0 Å². The van der Waals surface area contributed by atoms with Gasteiger partial charge in [-0.05, 0) is 18.9 Å². The summed E-state index contributed by atoms with van der Waals surface area (Å²) < 4.78 is 0. The second-order valence-electron chi connectivity index (χ2n) is 3.05. The number of anilines is 2. The lowest BCUT2D eigenvalue weighted by Gasteiger charge is -2.07. The Kier molecular flexibility index (Phi) is 4.36. The largest absolute Gasteiger partial charge is 0.396 e. The van der Waals surface area contributed by atoms with Crippen molar-refractivity contribution in [2.45, 2.75) is 19.3 Å². The van der Waals surface area contributed by atoms with E-state index in [1.165, 1.54) is 0 Å². The first-order valence-corrected chi connectivity index (χ1v) is 4.71. The zero-order valence-electron chi connectivity index (χ0n) is 8.16. The van der Waals surface area contributed by atoms with Crippen molar-refractivity contribution >= 4 is 11.4 Å². The number of unbranched alkanes of at least 4 members (excludes halogenated alkanes) is 2. The smallest absolute Gasteiger partial charge is 0.0736 e. The number of terminal acetylenes is 1. The Balaban J connectivity index is 2.25. The number of pyridine rings is 1. The van der Waals surface area contributed by atoms with Gasteiger partial charge >= 0.3 is 0 Å². The Labute approximate surface area is 84.7 Å². The van der Waals surface area contributed by atoms with Crippen molar-refractivity contribution in [3.8, 4) is 12.3 Å². The zero-order chi connectivity index (χ0) is 10.2. The minimum absolute atomic E-state index is 0.685. The van der Waals surface area contributed by atoms with Crippen LogP contribution >= 0.6 is 0 Å². The average Bonchev–Trinajstić information content (AvgIpc) is 2.20. The molecule has 0 aliphatic heterocycles. The van der Waals surface area contributed by atoms with Crippen LogP contribution in [-0.4, -0.2) is 11.5 Å². The standard InChI is InChI=1S/C11H15N3/c1-2-3-4-5-7-14-11-6-8-13-9-10(11)12/h1,6,8-9H,3-5,7,12H2,(H,13,14). The summed E-state index contributed by atoms with van der Waals surface area (Å²) in [6.07, 6.45) is 11.5. The first kappa shape index (κ1) is 10.4. The summed E-state index contributed by atoms with van der Waals surface area (Å²) in [5.74, 6) is 2.62. The first-order valence-electron chi connectivity index (χ1n) is 4.71. The lowest BCUT2D eigenvalue weighted by molar-refractivity contribution is 0.790. The molecule has 0 bridgehead atoms. The summed E-state index contributed by atoms with van der Waals surface area (Å²) in [5.41, 5.74) is 7.33. The van der Waals surface area contributed by atoms with E-state index < -0.39 is 0 Å². The summed E-state index contributed by atoms with van der Waals surface area (Å²) in [7, 11) is 0. The molecule has 74 valence electrons. The van der Waals surface area contributed by atoms with Crippen molar-refractivity contribution in [3.05, 3.63) is 18.5 Å². The second kappa shape index (κ2) is 5.87. The maximum absolute atomic E-state index is 5.70. The van der Waals surface area contributed by atoms with E-state index in [1.54, 1.807) is 12.4 Å². The lowest BCUT2D eigenvalue weighted by atomic mass is 10.2. The Morgan fingerprint density at radius 1 is 1.50 bits per heavy atom.